The fourth-order valence-corrected chi connectivity index (χ4v) is 4.18. The Morgan fingerprint density at radius 2 is 1.76 bits per heavy atom. The zero-order chi connectivity index (χ0) is 14.6. The average Bonchev–Trinajstić information content (AvgIpc) is 3.18. The van der Waals surface area contributed by atoms with Crippen LogP contribution in [0.1, 0.15) is 30.4 Å². The van der Waals surface area contributed by atoms with E-state index in [0.29, 0.717) is 19.5 Å². The molecule has 3 aliphatic rings. The van der Waals surface area contributed by atoms with E-state index in [0.717, 1.165) is 12.8 Å². The van der Waals surface area contributed by atoms with Crippen LogP contribution in [0.25, 0.3) is 0 Å². The van der Waals surface area contributed by atoms with Crippen LogP contribution in [0.5, 0.6) is 0 Å². The number of aliphatic carboxylic acids is 1. The molecule has 110 valence electrons. The lowest BCUT2D eigenvalue weighted by molar-refractivity contribution is -0.142. The second-order valence-electron chi connectivity index (χ2n) is 6.29. The van der Waals surface area contributed by atoms with E-state index < -0.39 is 5.97 Å². The van der Waals surface area contributed by atoms with Gasteiger partial charge in [-0.2, -0.15) is 0 Å². The normalized spacial score (nSPS) is 29.8. The fraction of sp³-hybridized carbons (Fsp3) is 0.500. The first-order valence-corrected chi connectivity index (χ1v) is 7.52. The zero-order valence-corrected chi connectivity index (χ0v) is 11.7. The lowest BCUT2D eigenvalue weighted by Crippen LogP contribution is -2.44. The van der Waals surface area contributed by atoms with E-state index in [1.165, 1.54) is 11.1 Å². The van der Waals surface area contributed by atoms with Gasteiger partial charge in [-0.05, 0) is 30.4 Å². The first-order valence-electron chi connectivity index (χ1n) is 7.52. The van der Waals surface area contributed by atoms with Crippen molar-refractivity contribution in [2.24, 2.45) is 5.92 Å². The average molecular weight is 286 g/mol. The van der Waals surface area contributed by atoms with Gasteiger partial charge in [-0.15, -0.1) is 0 Å². The number of carbonyl (C=O) groups is 2. The SMILES string of the molecule is O=C(O)C1CC2CCC1N2C(=O)N1Cc2ccccc2C1. The third-order valence-corrected chi connectivity index (χ3v) is 5.19. The summed E-state index contributed by atoms with van der Waals surface area (Å²) >= 11 is 0. The second-order valence-corrected chi connectivity index (χ2v) is 6.29. The highest BCUT2D eigenvalue weighted by atomic mass is 16.4. The third kappa shape index (κ3) is 1.83. The highest BCUT2D eigenvalue weighted by Crippen LogP contribution is 2.43. The first kappa shape index (κ1) is 12.7. The fourth-order valence-electron chi connectivity index (χ4n) is 4.18. The van der Waals surface area contributed by atoms with Gasteiger partial charge in [-0.1, -0.05) is 24.3 Å². The molecule has 3 aliphatic heterocycles. The summed E-state index contributed by atoms with van der Waals surface area (Å²) in [5.41, 5.74) is 2.40. The largest absolute Gasteiger partial charge is 0.481 e. The van der Waals surface area contributed by atoms with Crippen molar-refractivity contribution in [3.8, 4) is 0 Å². The van der Waals surface area contributed by atoms with E-state index >= 15 is 0 Å². The highest BCUT2D eigenvalue weighted by Gasteiger charge is 2.52. The Morgan fingerprint density at radius 3 is 2.33 bits per heavy atom. The van der Waals surface area contributed by atoms with Crippen molar-refractivity contribution in [3.63, 3.8) is 0 Å². The minimum absolute atomic E-state index is 0.0162. The summed E-state index contributed by atoms with van der Waals surface area (Å²) < 4.78 is 0. The molecule has 2 saturated heterocycles. The van der Waals surface area contributed by atoms with E-state index in [2.05, 4.69) is 12.1 Å². The molecule has 21 heavy (non-hydrogen) atoms. The van der Waals surface area contributed by atoms with E-state index in [9.17, 15) is 14.7 Å². The molecule has 1 aromatic rings. The van der Waals surface area contributed by atoms with Crippen LogP contribution in [0, 0.1) is 5.92 Å². The van der Waals surface area contributed by atoms with Gasteiger partial charge < -0.3 is 14.9 Å². The number of carboxylic acids is 1. The first-order chi connectivity index (χ1) is 10.1. The smallest absolute Gasteiger partial charge is 0.321 e. The van der Waals surface area contributed by atoms with E-state index in [-0.39, 0.29) is 24.0 Å². The van der Waals surface area contributed by atoms with Crippen molar-refractivity contribution in [2.45, 2.75) is 44.4 Å². The third-order valence-electron chi connectivity index (χ3n) is 5.19. The Morgan fingerprint density at radius 1 is 1.10 bits per heavy atom. The van der Waals surface area contributed by atoms with Gasteiger partial charge in [0, 0.05) is 25.2 Å². The number of hydrogen-bond donors (Lipinski definition) is 1. The summed E-state index contributed by atoms with van der Waals surface area (Å²) in [6.45, 7) is 1.28. The highest BCUT2D eigenvalue weighted by molar-refractivity contribution is 5.80. The molecule has 1 N–H and O–H groups in total. The molecule has 2 bridgehead atoms. The van der Waals surface area contributed by atoms with Gasteiger partial charge in [-0.3, -0.25) is 4.79 Å². The molecule has 2 fully saturated rings. The number of fused-ring (bicyclic) bond motifs is 3. The predicted molar refractivity (Wildman–Crippen MR) is 75.5 cm³/mol. The lowest BCUT2D eigenvalue weighted by Gasteiger charge is -2.28. The van der Waals surface area contributed by atoms with Crippen molar-refractivity contribution in [2.75, 3.05) is 0 Å². The predicted octanol–water partition coefficient (Wildman–Crippen LogP) is 2.06. The summed E-state index contributed by atoms with van der Waals surface area (Å²) in [6.07, 6.45) is 2.39. The number of nitrogens with zero attached hydrogens (tertiary/aromatic N) is 2. The number of hydrogen-bond acceptors (Lipinski definition) is 2. The summed E-state index contributed by atoms with van der Waals surface area (Å²) in [6, 6.07) is 8.13. The van der Waals surface area contributed by atoms with Crippen LogP contribution in [0.15, 0.2) is 24.3 Å². The minimum Gasteiger partial charge on any atom is -0.481 e. The molecule has 3 unspecified atom stereocenters. The van der Waals surface area contributed by atoms with Crippen molar-refractivity contribution in [1.29, 1.82) is 0 Å². The van der Waals surface area contributed by atoms with Crippen LogP contribution in [-0.4, -0.2) is 39.0 Å². The molecule has 5 heteroatoms. The molecule has 2 amide bonds. The number of urea groups is 1. The molecule has 0 saturated carbocycles. The van der Waals surface area contributed by atoms with E-state index in [4.69, 9.17) is 0 Å². The molecule has 0 spiro atoms. The molecule has 5 nitrogen and oxygen atoms in total. The van der Waals surface area contributed by atoms with Crippen LogP contribution in [-0.2, 0) is 17.9 Å². The second kappa shape index (κ2) is 4.48. The standard InChI is InChI=1S/C16H18N2O3/c19-15(20)13-7-12-5-6-14(13)18(12)16(21)17-8-10-3-1-2-4-11(10)9-17/h1-4,12-14H,5-9H2,(H,19,20). The molecule has 0 aliphatic carbocycles. The zero-order valence-electron chi connectivity index (χ0n) is 11.7. The van der Waals surface area contributed by atoms with Crippen molar-refractivity contribution >= 4 is 12.0 Å². The maximum Gasteiger partial charge on any atom is 0.321 e. The topological polar surface area (TPSA) is 60.9 Å². The van der Waals surface area contributed by atoms with Gasteiger partial charge in [0.15, 0.2) is 0 Å². The van der Waals surface area contributed by atoms with Gasteiger partial charge in [0.05, 0.1) is 5.92 Å². The minimum atomic E-state index is -0.760. The Bertz CT molecular complexity index is 590. The number of rotatable bonds is 1. The quantitative estimate of drug-likeness (QED) is 0.859. The summed E-state index contributed by atoms with van der Waals surface area (Å²) in [5.74, 6) is -1.14. The monoisotopic (exact) mass is 286 g/mol. The number of benzene rings is 1. The Balaban J connectivity index is 1.54. The molecule has 0 radical (unpaired) electrons. The van der Waals surface area contributed by atoms with Crippen molar-refractivity contribution in [1.82, 2.24) is 9.80 Å². The van der Waals surface area contributed by atoms with Gasteiger partial charge in [0.25, 0.3) is 0 Å². The molecular weight excluding hydrogens is 268 g/mol. The van der Waals surface area contributed by atoms with Crippen LogP contribution < -0.4 is 0 Å². The summed E-state index contributed by atoms with van der Waals surface area (Å²) in [5, 5.41) is 9.29. The molecule has 1 aromatic carbocycles. The van der Waals surface area contributed by atoms with Crippen molar-refractivity contribution < 1.29 is 14.7 Å². The summed E-state index contributed by atoms with van der Waals surface area (Å²) in [4.78, 5) is 27.8. The Labute approximate surface area is 123 Å². The molecular formula is C16H18N2O3. The lowest BCUT2D eigenvalue weighted by atomic mass is 9.89. The van der Waals surface area contributed by atoms with Gasteiger partial charge in [0.2, 0.25) is 0 Å². The maximum atomic E-state index is 12.8. The number of amides is 2. The molecule has 3 atom stereocenters. The van der Waals surface area contributed by atoms with Crippen molar-refractivity contribution in [3.05, 3.63) is 35.4 Å². The van der Waals surface area contributed by atoms with Crippen LogP contribution in [0.2, 0.25) is 0 Å². The summed E-state index contributed by atoms with van der Waals surface area (Å²) in [7, 11) is 0. The van der Waals surface area contributed by atoms with Crippen LogP contribution >= 0.6 is 0 Å². The van der Waals surface area contributed by atoms with Gasteiger partial charge in [0.1, 0.15) is 0 Å². The molecule has 4 rings (SSSR count). The van der Waals surface area contributed by atoms with Crippen LogP contribution in [0.3, 0.4) is 0 Å². The van der Waals surface area contributed by atoms with Crippen LogP contribution in [0.4, 0.5) is 4.79 Å². The van der Waals surface area contributed by atoms with E-state index in [1.54, 1.807) is 0 Å². The maximum absolute atomic E-state index is 12.8. The number of carbonyl (C=O) groups excluding carboxylic acids is 1. The van der Waals surface area contributed by atoms with Gasteiger partial charge >= 0.3 is 12.0 Å². The number of carboxylic acid groups (broad SMARTS) is 1. The molecule has 0 aromatic heterocycles. The Hall–Kier alpha value is -2.04. The Kier molecular flexibility index (Phi) is 2.71. The molecule has 3 heterocycles. The van der Waals surface area contributed by atoms with Gasteiger partial charge in [-0.25, -0.2) is 4.79 Å². The van der Waals surface area contributed by atoms with E-state index in [1.807, 2.05) is 21.9 Å².